The number of esters is 1. The number of carbonyl (C=O) groups excluding carboxylic acids is 2. The van der Waals surface area contributed by atoms with Gasteiger partial charge in [0.05, 0.1) is 25.2 Å². The van der Waals surface area contributed by atoms with Crippen molar-refractivity contribution in [2.24, 2.45) is 0 Å². The second kappa shape index (κ2) is 50.8. The maximum atomic E-state index is 13.2. The van der Waals surface area contributed by atoms with Gasteiger partial charge in [-0.3, -0.25) is 9.59 Å². The normalized spacial score (nSPS) is 13.5. The van der Waals surface area contributed by atoms with E-state index in [4.69, 9.17) is 4.74 Å². The van der Waals surface area contributed by atoms with E-state index >= 15 is 0 Å². The van der Waals surface area contributed by atoms with Crippen LogP contribution in [0.1, 0.15) is 278 Å². The molecule has 6 heteroatoms. The van der Waals surface area contributed by atoms with Crippen LogP contribution in [0.4, 0.5) is 0 Å². The summed E-state index contributed by atoms with van der Waals surface area (Å²) in [6.45, 7) is 6.45. The summed E-state index contributed by atoms with van der Waals surface area (Å²) in [6.07, 6.45) is 61.8. The summed E-state index contributed by atoms with van der Waals surface area (Å²) in [7, 11) is 0. The number of unbranched alkanes of at least 4 members (excludes halogenated alkanes) is 29. The van der Waals surface area contributed by atoms with Crippen molar-refractivity contribution in [1.29, 1.82) is 0 Å². The van der Waals surface area contributed by atoms with Gasteiger partial charge in [-0.2, -0.15) is 0 Å². The fourth-order valence-electron chi connectivity index (χ4n) is 8.24. The summed E-state index contributed by atoms with van der Waals surface area (Å²) in [5.74, 6) is -0.518. The van der Waals surface area contributed by atoms with Gasteiger partial charge in [0, 0.05) is 6.42 Å². The minimum atomic E-state index is -0.800. The lowest BCUT2D eigenvalue weighted by Crippen LogP contribution is -2.46. The fourth-order valence-corrected chi connectivity index (χ4v) is 8.24. The highest BCUT2D eigenvalue weighted by Gasteiger charge is 2.24. The third kappa shape index (κ3) is 46.2. The van der Waals surface area contributed by atoms with Gasteiger partial charge in [0.25, 0.3) is 0 Å². The zero-order valence-electron chi connectivity index (χ0n) is 42.0. The number of nitrogens with one attached hydrogen (secondary N) is 1. The van der Waals surface area contributed by atoms with Crippen LogP contribution in [0.15, 0.2) is 48.6 Å². The molecule has 0 aliphatic rings. The standard InChI is InChI=1S/C57H105NO5/c1-4-7-10-13-16-19-22-24-26-28-29-31-34-36-39-42-45-48-53(63-57(62)50-47-44-41-38-35-32-30-27-25-23-20-17-14-11-8-5-2)51-56(61)58-54(52-59)55(60)49-46-43-40-37-33-21-18-15-12-9-6-3/h16,19,24,26,29,31,36,39,53-55,59-60H,4-15,17-18,20-23,25,27-28,30,32-35,37-38,40-52H2,1-3H3,(H,58,61)/b19-16-,26-24-,31-29-,39-36-. The Morgan fingerprint density at radius 3 is 1.25 bits per heavy atom. The van der Waals surface area contributed by atoms with Crippen LogP contribution in [0.5, 0.6) is 0 Å². The van der Waals surface area contributed by atoms with Gasteiger partial charge in [-0.25, -0.2) is 0 Å². The third-order valence-electron chi connectivity index (χ3n) is 12.4. The monoisotopic (exact) mass is 884 g/mol. The molecule has 368 valence electrons. The van der Waals surface area contributed by atoms with E-state index < -0.39 is 18.2 Å². The molecular formula is C57H105NO5. The molecule has 0 aliphatic carbocycles. The lowest BCUT2D eigenvalue weighted by molar-refractivity contribution is -0.151. The fraction of sp³-hybridized carbons (Fsp3) is 0.825. The lowest BCUT2D eigenvalue weighted by Gasteiger charge is -2.24. The van der Waals surface area contributed by atoms with Crippen molar-refractivity contribution in [1.82, 2.24) is 5.32 Å². The van der Waals surface area contributed by atoms with E-state index in [2.05, 4.69) is 74.7 Å². The average molecular weight is 884 g/mol. The van der Waals surface area contributed by atoms with Gasteiger partial charge >= 0.3 is 5.97 Å². The van der Waals surface area contributed by atoms with Crippen LogP contribution in [-0.4, -0.2) is 46.9 Å². The van der Waals surface area contributed by atoms with Crippen molar-refractivity contribution >= 4 is 11.9 Å². The Labute approximate surface area is 391 Å². The topological polar surface area (TPSA) is 95.9 Å². The SMILES string of the molecule is CCCCC/C=C\C/C=C\C/C=C\C/C=C\CCCC(CC(=O)NC(CO)C(O)CCCCCCCCCCCCC)OC(=O)CCCCCCCCCCCCCCCCCC. The molecule has 0 fully saturated rings. The van der Waals surface area contributed by atoms with Crippen molar-refractivity contribution in [3.63, 3.8) is 0 Å². The van der Waals surface area contributed by atoms with Gasteiger partial charge in [0.1, 0.15) is 6.10 Å². The Balaban J connectivity index is 4.65. The number of carbonyl (C=O) groups is 2. The summed E-state index contributed by atoms with van der Waals surface area (Å²) < 4.78 is 5.92. The molecule has 3 N–H and O–H groups in total. The van der Waals surface area contributed by atoms with E-state index in [1.54, 1.807) is 0 Å². The number of hydrogen-bond donors (Lipinski definition) is 3. The van der Waals surface area contributed by atoms with Crippen LogP contribution >= 0.6 is 0 Å². The summed E-state index contributed by atoms with van der Waals surface area (Å²) in [4.78, 5) is 26.2. The van der Waals surface area contributed by atoms with E-state index in [1.165, 1.54) is 161 Å². The largest absolute Gasteiger partial charge is 0.462 e. The molecule has 0 bridgehead atoms. The summed E-state index contributed by atoms with van der Waals surface area (Å²) >= 11 is 0. The summed E-state index contributed by atoms with van der Waals surface area (Å²) in [5, 5.41) is 23.8. The molecule has 0 aromatic carbocycles. The van der Waals surface area contributed by atoms with E-state index in [-0.39, 0.29) is 24.9 Å². The molecule has 0 heterocycles. The lowest BCUT2D eigenvalue weighted by atomic mass is 10.0. The number of rotatable bonds is 49. The van der Waals surface area contributed by atoms with Gasteiger partial charge in [0.2, 0.25) is 5.91 Å². The number of amides is 1. The van der Waals surface area contributed by atoms with Gasteiger partial charge in [-0.15, -0.1) is 0 Å². The van der Waals surface area contributed by atoms with E-state index in [0.29, 0.717) is 19.3 Å². The maximum absolute atomic E-state index is 13.2. The molecule has 0 radical (unpaired) electrons. The average Bonchev–Trinajstić information content (AvgIpc) is 3.28. The number of allylic oxidation sites excluding steroid dienone is 8. The van der Waals surface area contributed by atoms with Crippen LogP contribution < -0.4 is 5.32 Å². The minimum Gasteiger partial charge on any atom is -0.462 e. The van der Waals surface area contributed by atoms with Gasteiger partial charge < -0.3 is 20.3 Å². The molecule has 0 aromatic rings. The number of aliphatic hydroxyl groups is 2. The third-order valence-corrected chi connectivity index (χ3v) is 12.4. The number of hydrogen-bond acceptors (Lipinski definition) is 5. The van der Waals surface area contributed by atoms with E-state index in [1.807, 2.05) is 0 Å². The number of ether oxygens (including phenoxy) is 1. The molecule has 0 saturated carbocycles. The second-order valence-corrected chi connectivity index (χ2v) is 18.6. The first-order valence-corrected chi connectivity index (χ1v) is 27.4. The Morgan fingerprint density at radius 1 is 0.460 bits per heavy atom. The van der Waals surface area contributed by atoms with Crippen LogP contribution in [0.2, 0.25) is 0 Å². The van der Waals surface area contributed by atoms with Crippen molar-refractivity contribution in [2.45, 2.75) is 296 Å². The second-order valence-electron chi connectivity index (χ2n) is 18.6. The van der Waals surface area contributed by atoms with Crippen LogP contribution in [0.25, 0.3) is 0 Å². The molecule has 1 amide bonds. The smallest absolute Gasteiger partial charge is 0.306 e. The molecule has 63 heavy (non-hydrogen) atoms. The predicted octanol–water partition coefficient (Wildman–Crippen LogP) is 16.6. The van der Waals surface area contributed by atoms with Gasteiger partial charge in [-0.1, -0.05) is 249 Å². The molecule has 0 aliphatic heterocycles. The Hall–Kier alpha value is -2.18. The minimum absolute atomic E-state index is 0.0426. The molecule has 0 aromatic heterocycles. The van der Waals surface area contributed by atoms with Crippen LogP contribution in [-0.2, 0) is 14.3 Å². The Bertz CT molecular complexity index is 1080. The zero-order chi connectivity index (χ0) is 45.9. The number of aliphatic hydroxyl groups excluding tert-OH is 2. The predicted molar refractivity (Wildman–Crippen MR) is 273 cm³/mol. The zero-order valence-corrected chi connectivity index (χ0v) is 42.0. The van der Waals surface area contributed by atoms with Crippen molar-refractivity contribution in [3.8, 4) is 0 Å². The highest BCUT2D eigenvalue weighted by atomic mass is 16.5. The summed E-state index contributed by atoms with van der Waals surface area (Å²) in [5.41, 5.74) is 0. The quantitative estimate of drug-likeness (QED) is 0.0321. The van der Waals surface area contributed by atoms with Crippen LogP contribution in [0, 0.1) is 0 Å². The molecule has 6 nitrogen and oxygen atoms in total. The van der Waals surface area contributed by atoms with Crippen molar-refractivity contribution in [2.75, 3.05) is 6.61 Å². The van der Waals surface area contributed by atoms with E-state index in [9.17, 15) is 19.8 Å². The van der Waals surface area contributed by atoms with Crippen molar-refractivity contribution in [3.05, 3.63) is 48.6 Å². The summed E-state index contributed by atoms with van der Waals surface area (Å²) in [6, 6.07) is -0.717. The molecular weight excluding hydrogens is 779 g/mol. The molecule has 0 rings (SSSR count). The van der Waals surface area contributed by atoms with E-state index in [0.717, 1.165) is 70.6 Å². The molecule has 3 unspecified atom stereocenters. The first-order chi connectivity index (χ1) is 31.0. The first-order valence-electron chi connectivity index (χ1n) is 27.4. The maximum Gasteiger partial charge on any atom is 0.306 e. The van der Waals surface area contributed by atoms with Gasteiger partial charge in [-0.05, 0) is 64.2 Å². The molecule has 0 saturated heterocycles. The molecule has 0 spiro atoms. The highest BCUT2D eigenvalue weighted by Crippen LogP contribution is 2.18. The highest BCUT2D eigenvalue weighted by molar-refractivity contribution is 5.77. The Morgan fingerprint density at radius 2 is 0.825 bits per heavy atom. The van der Waals surface area contributed by atoms with Gasteiger partial charge in [0.15, 0.2) is 0 Å². The van der Waals surface area contributed by atoms with Crippen molar-refractivity contribution < 1.29 is 24.5 Å². The van der Waals surface area contributed by atoms with Crippen LogP contribution in [0.3, 0.4) is 0 Å². The first kappa shape index (κ1) is 60.8. The Kier molecular flexibility index (Phi) is 49.1. The molecule has 3 atom stereocenters.